The Morgan fingerprint density at radius 1 is 1.60 bits per heavy atom. The Labute approximate surface area is 59.0 Å². The Kier molecular flexibility index (Phi) is 2.24. The average molecular weight is 145 g/mol. The Morgan fingerprint density at radius 2 is 2.30 bits per heavy atom. The predicted octanol–water partition coefficient (Wildman–Crippen LogP) is -0.565. The van der Waals surface area contributed by atoms with Crippen molar-refractivity contribution in [3.05, 3.63) is 0 Å². The maximum absolute atomic E-state index is 10.4. The lowest BCUT2D eigenvalue weighted by Gasteiger charge is -2.23. The number of nitrogens with two attached hydrogens (primary N) is 1. The molecule has 3 N–H and O–H groups in total. The molecule has 1 aliphatic rings. The summed E-state index contributed by atoms with van der Waals surface area (Å²) >= 11 is 0. The van der Waals surface area contributed by atoms with Gasteiger partial charge >= 0.3 is 5.97 Å². The maximum Gasteiger partial charge on any atom is 0.308 e. The van der Waals surface area contributed by atoms with E-state index in [0.29, 0.717) is 19.6 Å². The number of ether oxygens (including phenoxy) is 1. The van der Waals surface area contributed by atoms with Gasteiger partial charge < -0.3 is 15.6 Å². The zero-order valence-electron chi connectivity index (χ0n) is 5.62. The number of carbonyl (C=O) groups is 1. The van der Waals surface area contributed by atoms with Crippen molar-refractivity contribution in [3.63, 3.8) is 0 Å². The van der Waals surface area contributed by atoms with Gasteiger partial charge in [0.05, 0.1) is 19.1 Å². The summed E-state index contributed by atoms with van der Waals surface area (Å²) in [6.45, 7) is 0.798. The molecule has 58 valence electrons. The fourth-order valence-electron chi connectivity index (χ4n) is 1.04. The van der Waals surface area contributed by atoms with Gasteiger partial charge in [-0.3, -0.25) is 4.79 Å². The molecule has 0 bridgehead atoms. The maximum atomic E-state index is 10.4. The number of hydrogen-bond donors (Lipinski definition) is 2. The van der Waals surface area contributed by atoms with Gasteiger partial charge in [-0.1, -0.05) is 0 Å². The van der Waals surface area contributed by atoms with E-state index >= 15 is 0 Å². The van der Waals surface area contributed by atoms with Crippen LogP contribution in [0.2, 0.25) is 0 Å². The second kappa shape index (κ2) is 2.98. The SMILES string of the molecule is N[C@@H]1COC[C@H](C(=O)O)C1. The molecule has 0 radical (unpaired) electrons. The minimum absolute atomic E-state index is 0.102. The van der Waals surface area contributed by atoms with Crippen molar-refractivity contribution >= 4 is 5.97 Å². The van der Waals surface area contributed by atoms with Gasteiger partial charge in [0.1, 0.15) is 0 Å². The van der Waals surface area contributed by atoms with Crippen molar-refractivity contribution in [2.24, 2.45) is 11.7 Å². The molecule has 0 aromatic carbocycles. The Morgan fingerprint density at radius 3 is 2.70 bits per heavy atom. The van der Waals surface area contributed by atoms with Crippen LogP contribution in [0.4, 0.5) is 0 Å². The summed E-state index contributed by atoms with van der Waals surface area (Å²) in [6, 6.07) is -0.102. The van der Waals surface area contributed by atoms with Crippen molar-refractivity contribution in [2.45, 2.75) is 12.5 Å². The largest absolute Gasteiger partial charge is 0.481 e. The van der Waals surface area contributed by atoms with E-state index in [2.05, 4.69) is 0 Å². The zero-order valence-corrected chi connectivity index (χ0v) is 5.62. The van der Waals surface area contributed by atoms with E-state index in [0.717, 1.165) is 0 Å². The highest BCUT2D eigenvalue weighted by Gasteiger charge is 2.25. The van der Waals surface area contributed by atoms with Crippen molar-refractivity contribution in [1.29, 1.82) is 0 Å². The van der Waals surface area contributed by atoms with Gasteiger partial charge in [0.15, 0.2) is 0 Å². The van der Waals surface area contributed by atoms with Gasteiger partial charge in [0.25, 0.3) is 0 Å². The van der Waals surface area contributed by atoms with Crippen LogP contribution in [0.1, 0.15) is 6.42 Å². The molecule has 2 atom stereocenters. The summed E-state index contributed by atoms with van der Waals surface area (Å²) in [6.07, 6.45) is 0.537. The van der Waals surface area contributed by atoms with Crippen LogP contribution < -0.4 is 5.73 Å². The summed E-state index contributed by atoms with van der Waals surface area (Å²) < 4.78 is 4.95. The number of carboxylic acids is 1. The van der Waals surface area contributed by atoms with Crippen LogP contribution in [-0.2, 0) is 9.53 Å². The van der Waals surface area contributed by atoms with Crippen LogP contribution in [0.15, 0.2) is 0 Å². The third-order valence-electron chi connectivity index (χ3n) is 1.59. The minimum Gasteiger partial charge on any atom is -0.481 e. The van der Waals surface area contributed by atoms with E-state index in [1.165, 1.54) is 0 Å². The van der Waals surface area contributed by atoms with Crippen LogP contribution in [0.5, 0.6) is 0 Å². The Bertz CT molecular complexity index is 137. The fourth-order valence-corrected chi connectivity index (χ4v) is 1.04. The van der Waals surface area contributed by atoms with Crippen LogP contribution in [0, 0.1) is 5.92 Å². The Balaban J connectivity index is 2.39. The van der Waals surface area contributed by atoms with Crippen LogP contribution >= 0.6 is 0 Å². The lowest BCUT2D eigenvalue weighted by Crippen LogP contribution is -2.38. The first-order valence-electron chi connectivity index (χ1n) is 3.26. The summed E-state index contributed by atoms with van der Waals surface area (Å²) in [5.74, 6) is -1.21. The summed E-state index contributed by atoms with van der Waals surface area (Å²) in [7, 11) is 0. The fraction of sp³-hybridized carbons (Fsp3) is 0.833. The number of aliphatic carboxylic acids is 1. The molecule has 0 aromatic heterocycles. The molecule has 1 fully saturated rings. The average Bonchev–Trinajstić information content (AvgIpc) is 1.88. The highest BCUT2D eigenvalue weighted by Crippen LogP contribution is 2.12. The summed E-state index contributed by atoms with van der Waals surface area (Å²) in [4.78, 5) is 10.4. The summed E-state index contributed by atoms with van der Waals surface area (Å²) in [5.41, 5.74) is 5.47. The van der Waals surface area contributed by atoms with E-state index in [9.17, 15) is 4.79 Å². The quantitative estimate of drug-likeness (QED) is 0.518. The van der Waals surface area contributed by atoms with Crippen molar-refractivity contribution in [3.8, 4) is 0 Å². The van der Waals surface area contributed by atoms with Gasteiger partial charge in [-0.05, 0) is 6.42 Å². The van der Waals surface area contributed by atoms with E-state index in [-0.39, 0.29) is 6.04 Å². The highest BCUT2D eigenvalue weighted by molar-refractivity contribution is 5.70. The number of carboxylic acid groups (broad SMARTS) is 1. The van der Waals surface area contributed by atoms with Gasteiger partial charge in [-0.25, -0.2) is 0 Å². The molecular weight excluding hydrogens is 134 g/mol. The highest BCUT2D eigenvalue weighted by atomic mass is 16.5. The molecule has 0 spiro atoms. The molecule has 10 heavy (non-hydrogen) atoms. The van der Waals surface area contributed by atoms with Gasteiger partial charge in [-0.2, -0.15) is 0 Å². The van der Waals surface area contributed by atoms with Crippen LogP contribution in [0.25, 0.3) is 0 Å². The predicted molar refractivity (Wildman–Crippen MR) is 34.5 cm³/mol. The molecular formula is C6H11NO3. The molecule has 1 rings (SSSR count). The summed E-state index contributed by atoms with van der Waals surface area (Å²) in [5, 5.41) is 8.52. The molecule has 4 heteroatoms. The topological polar surface area (TPSA) is 72.5 Å². The number of rotatable bonds is 1. The van der Waals surface area contributed by atoms with Crippen molar-refractivity contribution in [1.82, 2.24) is 0 Å². The molecule has 0 aromatic rings. The molecule has 0 amide bonds. The van der Waals surface area contributed by atoms with E-state index in [1.807, 2.05) is 0 Å². The van der Waals surface area contributed by atoms with E-state index in [4.69, 9.17) is 15.6 Å². The van der Waals surface area contributed by atoms with Crippen LogP contribution in [-0.4, -0.2) is 30.3 Å². The minimum atomic E-state index is -0.810. The second-order valence-corrected chi connectivity index (χ2v) is 2.57. The Hall–Kier alpha value is -0.610. The third kappa shape index (κ3) is 1.68. The molecule has 0 aliphatic carbocycles. The lowest BCUT2D eigenvalue weighted by atomic mass is 10.00. The molecule has 0 saturated carbocycles. The van der Waals surface area contributed by atoms with Crippen LogP contribution in [0.3, 0.4) is 0 Å². The zero-order chi connectivity index (χ0) is 7.56. The number of hydrogen-bond acceptors (Lipinski definition) is 3. The monoisotopic (exact) mass is 145 g/mol. The lowest BCUT2D eigenvalue weighted by molar-refractivity contribution is -0.146. The molecule has 4 nitrogen and oxygen atoms in total. The van der Waals surface area contributed by atoms with E-state index in [1.54, 1.807) is 0 Å². The smallest absolute Gasteiger partial charge is 0.308 e. The normalized spacial score (nSPS) is 33.7. The molecule has 1 heterocycles. The van der Waals surface area contributed by atoms with Gasteiger partial charge in [-0.15, -0.1) is 0 Å². The van der Waals surface area contributed by atoms with Crippen molar-refractivity contribution < 1.29 is 14.6 Å². The molecule has 1 saturated heterocycles. The van der Waals surface area contributed by atoms with Gasteiger partial charge in [0, 0.05) is 6.04 Å². The van der Waals surface area contributed by atoms with Gasteiger partial charge in [0.2, 0.25) is 0 Å². The van der Waals surface area contributed by atoms with Crippen molar-refractivity contribution in [2.75, 3.05) is 13.2 Å². The van der Waals surface area contributed by atoms with E-state index < -0.39 is 11.9 Å². The first-order valence-corrected chi connectivity index (χ1v) is 3.26. The first kappa shape index (κ1) is 7.50. The molecule has 0 unspecified atom stereocenters. The third-order valence-corrected chi connectivity index (χ3v) is 1.59. The standard InChI is InChI=1S/C6H11NO3/c7-5-1-4(6(8)9)2-10-3-5/h4-5H,1-3,7H2,(H,8,9)/t4-,5+/m1/s1. The second-order valence-electron chi connectivity index (χ2n) is 2.57. The molecule has 1 aliphatic heterocycles. The first-order chi connectivity index (χ1) is 4.70.